The van der Waals surface area contributed by atoms with Crippen LogP contribution in [0.1, 0.15) is 24.1 Å². The van der Waals surface area contributed by atoms with Crippen LogP contribution in [0, 0.1) is 0 Å². The Labute approximate surface area is 89.6 Å². The highest BCUT2D eigenvalue weighted by atomic mass is 14.9. The van der Waals surface area contributed by atoms with Gasteiger partial charge in [0, 0.05) is 24.4 Å². The molecule has 2 aliphatic rings. The maximum atomic E-state index is 4.48. The fourth-order valence-electron chi connectivity index (χ4n) is 2.69. The van der Waals surface area contributed by atoms with E-state index in [1.807, 2.05) is 18.5 Å². The van der Waals surface area contributed by atoms with Gasteiger partial charge in [0.1, 0.15) is 0 Å². The van der Waals surface area contributed by atoms with Gasteiger partial charge >= 0.3 is 0 Å². The van der Waals surface area contributed by atoms with Crippen LogP contribution in [0.3, 0.4) is 0 Å². The Morgan fingerprint density at radius 1 is 1.27 bits per heavy atom. The third-order valence-corrected chi connectivity index (χ3v) is 3.58. The lowest BCUT2D eigenvalue weighted by molar-refractivity contribution is 0.313. The minimum atomic E-state index is 0.267. The molecule has 3 rings (SSSR count). The van der Waals surface area contributed by atoms with Crippen LogP contribution in [0.5, 0.6) is 0 Å². The Kier molecular flexibility index (Phi) is 2.06. The molecular formula is C12H15N3. The topological polar surface area (TPSA) is 37.3 Å². The van der Waals surface area contributed by atoms with Gasteiger partial charge in [-0.25, -0.2) is 0 Å². The molecule has 0 amide bonds. The summed E-state index contributed by atoms with van der Waals surface area (Å²) < 4.78 is 0. The normalized spacial score (nSPS) is 22.7. The van der Waals surface area contributed by atoms with Crippen molar-refractivity contribution in [3.05, 3.63) is 29.6 Å². The SMILES string of the molecule is C1=NCC2(CCNCC2)c2cccnc21. The second-order valence-electron chi connectivity index (χ2n) is 4.44. The van der Waals surface area contributed by atoms with Crippen LogP contribution in [0.15, 0.2) is 23.3 Å². The molecule has 1 spiro atoms. The van der Waals surface area contributed by atoms with E-state index >= 15 is 0 Å². The molecule has 3 heterocycles. The van der Waals surface area contributed by atoms with Crippen molar-refractivity contribution >= 4 is 6.21 Å². The van der Waals surface area contributed by atoms with Crippen LogP contribution in [-0.2, 0) is 5.41 Å². The third-order valence-electron chi connectivity index (χ3n) is 3.58. The number of hydrogen-bond acceptors (Lipinski definition) is 3. The van der Waals surface area contributed by atoms with Crippen molar-refractivity contribution in [3.63, 3.8) is 0 Å². The monoisotopic (exact) mass is 201 g/mol. The zero-order valence-electron chi connectivity index (χ0n) is 8.74. The predicted molar refractivity (Wildman–Crippen MR) is 60.5 cm³/mol. The number of aliphatic imine (C=N–C) groups is 1. The van der Waals surface area contributed by atoms with E-state index in [-0.39, 0.29) is 5.41 Å². The van der Waals surface area contributed by atoms with Crippen molar-refractivity contribution in [3.8, 4) is 0 Å². The van der Waals surface area contributed by atoms with E-state index in [0.717, 1.165) is 25.3 Å². The van der Waals surface area contributed by atoms with Gasteiger partial charge in [0.05, 0.1) is 5.69 Å². The number of fused-ring (bicyclic) bond motifs is 2. The largest absolute Gasteiger partial charge is 0.317 e. The minimum absolute atomic E-state index is 0.267. The quantitative estimate of drug-likeness (QED) is 0.683. The number of rotatable bonds is 0. The van der Waals surface area contributed by atoms with Gasteiger partial charge in [0.2, 0.25) is 0 Å². The average molecular weight is 201 g/mol. The first kappa shape index (κ1) is 9.04. The summed E-state index contributed by atoms with van der Waals surface area (Å²) in [7, 11) is 0. The van der Waals surface area contributed by atoms with Crippen molar-refractivity contribution in [1.29, 1.82) is 0 Å². The number of nitrogens with one attached hydrogen (secondary N) is 1. The first-order valence-electron chi connectivity index (χ1n) is 5.57. The molecule has 0 atom stereocenters. The molecule has 0 aromatic carbocycles. The Morgan fingerprint density at radius 2 is 2.13 bits per heavy atom. The Bertz CT molecular complexity index is 392. The van der Waals surface area contributed by atoms with Gasteiger partial charge in [0.25, 0.3) is 0 Å². The van der Waals surface area contributed by atoms with E-state index in [1.54, 1.807) is 0 Å². The molecule has 1 fully saturated rings. The summed E-state index contributed by atoms with van der Waals surface area (Å²) in [5, 5.41) is 3.41. The molecule has 0 saturated carbocycles. The van der Waals surface area contributed by atoms with E-state index in [2.05, 4.69) is 21.4 Å². The van der Waals surface area contributed by atoms with Gasteiger partial charge in [0.15, 0.2) is 0 Å². The lowest BCUT2D eigenvalue weighted by atomic mass is 9.71. The van der Waals surface area contributed by atoms with Gasteiger partial charge in [-0.1, -0.05) is 6.07 Å². The second-order valence-corrected chi connectivity index (χ2v) is 4.44. The summed E-state index contributed by atoms with van der Waals surface area (Å²) in [5.41, 5.74) is 2.75. The van der Waals surface area contributed by atoms with E-state index in [9.17, 15) is 0 Å². The van der Waals surface area contributed by atoms with Crippen molar-refractivity contribution in [2.45, 2.75) is 18.3 Å². The summed E-state index contributed by atoms with van der Waals surface area (Å²) in [6, 6.07) is 4.26. The lowest BCUT2D eigenvalue weighted by Gasteiger charge is -2.39. The highest BCUT2D eigenvalue weighted by Gasteiger charge is 2.37. The number of piperidine rings is 1. The smallest absolute Gasteiger partial charge is 0.0846 e. The molecule has 1 aromatic rings. The Hall–Kier alpha value is -1.22. The zero-order valence-corrected chi connectivity index (χ0v) is 8.74. The van der Waals surface area contributed by atoms with Gasteiger partial charge in [-0.3, -0.25) is 9.98 Å². The molecule has 0 radical (unpaired) electrons. The van der Waals surface area contributed by atoms with Crippen LogP contribution in [0.2, 0.25) is 0 Å². The van der Waals surface area contributed by atoms with Gasteiger partial charge < -0.3 is 5.32 Å². The Balaban J connectivity index is 2.08. The molecule has 78 valence electrons. The van der Waals surface area contributed by atoms with Crippen molar-refractivity contribution in [2.24, 2.45) is 4.99 Å². The summed E-state index contributed by atoms with van der Waals surface area (Å²) in [4.78, 5) is 8.88. The molecule has 15 heavy (non-hydrogen) atoms. The fraction of sp³-hybridized carbons (Fsp3) is 0.500. The number of nitrogens with zero attached hydrogens (tertiary/aromatic N) is 2. The van der Waals surface area contributed by atoms with Crippen LogP contribution in [-0.4, -0.2) is 30.8 Å². The molecule has 1 aromatic heterocycles. The highest BCUT2D eigenvalue weighted by molar-refractivity contribution is 5.81. The van der Waals surface area contributed by atoms with Crippen LogP contribution in [0.4, 0.5) is 0 Å². The van der Waals surface area contributed by atoms with E-state index in [0.29, 0.717) is 0 Å². The summed E-state index contributed by atoms with van der Waals surface area (Å²) in [6.07, 6.45) is 6.14. The van der Waals surface area contributed by atoms with Gasteiger partial charge in [-0.05, 0) is 37.6 Å². The van der Waals surface area contributed by atoms with Crippen LogP contribution < -0.4 is 5.32 Å². The standard InChI is InChI=1S/C12H15N3/c1-2-10-11(15-5-1)8-14-9-12(10)3-6-13-7-4-12/h1-2,5,8,13H,3-4,6-7,9H2. The molecule has 3 nitrogen and oxygen atoms in total. The molecule has 3 heteroatoms. The highest BCUT2D eigenvalue weighted by Crippen LogP contribution is 2.36. The molecule has 0 unspecified atom stereocenters. The molecule has 0 aliphatic carbocycles. The first-order valence-corrected chi connectivity index (χ1v) is 5.57. The van der Waals surface area contributed by atoms with Crippen molar-refractivity contribution in [1.82, 2.24) is 10.3 Å². The maximum absolute atomic E-state index is 4.48. The zero-order chi connectivity index (χ0) is 10.1. The second kappa shape index (κ2) is 3.42. The lowest BCUT2D eigenvalue weighted by Crippen LogP contribution is -2.44. The van der Waals surface area contributed by atoms with E-state index in [1.165, 1.54) is 18.4 Å². The number of aromatic nitrogens is 1. The molecule has 1 N–H and O–H groups in total. The Morgan fingerprint density at radius 3 is 3.00 bits per heavy atom. The summed E-state index contributed by atoms with van der Waals surface area (Å²) in [5.74, 6) is 0. The molecule has 1 saturated heterocycles. The van der Waals surface area contributed by atoms with E-state index < -0.39 is 0 Å². The molecule has 0 bridgehead atoms. The molecule has 2 aliphatic heterocycles. The predicted octanol–water partition coefficient (Wildman–Crippen LogP) is 1.14. The third kappa shape index (κ3) is 1.38. The van der Waals surface area contributed by atoms with Crippen molar-refractivity contribution < 1.29 is 0 Å². The van der Waals surface area contributed by atoms with Crippen LogP contribution >= 0.6 is 0 Å². The van der Waals surface area contributed by atoms with Crippen molar-refractivity contribution in [2.75, 3.05) is 19.6 Å². The van der Waals surface area contributed by atoms with Gasteiger partial charge in [-0.15, -0.1) is 0 Å². The number of pyridine rings is 1. The maximum Gasteiger partial charge on any atom is 0.0846 e. The minimum Gasteiger partial charge on any atom is -0.317 e. The van der Waals surface area contributed by atoms with Crippen LogP contribution in [0.25, 0.3) is 0 Å². The average Bonchev–Trinajstić information content (AvgIpc) is 2.31. The van der Waals surface area contributed by atoms with Gasteiger partial charge in [-0.2, -0.15) is 0 Å². The molecular weight excluding hydrogens is 186 g/mol. The number of hydrogen-bond donors (Lipinski definition) is 1. The summed E-state index contributed by atoms with van der Waals surface area (Å²) in [6.45, 7) is 3.14. The van der Waals surface area contributed by atoms with E-state index in [4.69, 9.17) is 0 Å². The summed E-state index contributed by atoms with van der Waals surface area (Å²) >= 11 is 0. The fourth-order valence-corrected chi connectivity index (χ4v) is 2.69. The first-order chi connectivity index (χ1) is 7.41.